The van der Waals surface area contributed by atoms with E-state index in [2.05, 4.69) is 5.32 Å². The summed E-state index contributed by atoms with van der Waals surface area (Å²) in [4.78, 5) is 22.0. The largest absolute Gasteiger partial charge is 0.396 e. The van der Waals surface area contributed by atoms with Crippen LogP contribution < -0.4 is 5.32 Å². The smallest absolute Gasteiger partial charge is 0.288 e. The Morgan fingerprint density at radius 1 is 1.30 bits per heavy atom. The van der Waals surface area contributed by atoms with Crippen molar-refractivity contribution in [1.29, 1.82) is 0 Å². The molecular formula is C13H17ClN2O4. The average Bonchev–Trinajstić information content (AvgIpc) is 2.42. The number of nitrogens with zero attached hydrogens (tertiary/aromatic N) is 1. The van der Waals surface area contributed by atoms with E-state index in [1.807, 2.05) is 0 Å². The zero-order valence-corrected chi connectivity index (χ0v) is 11.7. The first kappa shape index (κ1) is 16.4. The summed E-state index contributed by atoms with van der Waals surface area (Å²) in [5, 5.41) is 21.9. The maximum Gasteiger partial charge on any atom is 0.288 e. The van der Waals surface area contributed by atoms with E-state index >= 15 is 0 Å². The Bertz CT molecular complexity index is 479. The zero-order chi connectivity index (χ0) is 15.0. The Balaban J connectivity index is 2.52. The van der Waals surface area contributed by atoms with E-state index in [9.17, 15) is 14.9 Å². The van der Waals surface area contributed by atoms with Crippen LogP contribution in [-0.2, 0) is 0 Å². The summed E-state index contributed by atoms with van der Waals surface area (Å²) in [5.74, 6) is -0.416. The van der Waals surface area contributed by atoms with Crippen LogP contribution in [0, 0.1) is 10.1 Å². The second-order valence-electron chi connectivity index (χ2n) is 4.29. The number of carbonyl (C=O) groups is 1. The molecule has 7 heteroatoms. The number of nitro groups is 1. The second kappa shape index (κ2) is 8.50. The number of hydrogen-bond acceptors (Lipinski definition) is 4. The number of hydrogen-bond donors (Lipinski definition) is 2. The second-order valence-corrected chi connectivity index (χ2v) is 4.67. The van der Waals surface area contributed by atoms with E-state index in [4.69, 9.17) is 16.7 Å². The summed E-state index contributed by atoms with van der Waals surface area (Å²) >= 11 is 5.85. The molecule has 0 bridgehead atoms. The molecule has 0 saturated carbocycles. The lowest BCUT2D eigenvalue weighted by molar-refractivity contribution is -0.384. The number of rotatable bonds is 8. The van der Waals surface area contributed by atoms with Crippen LogP contribution in [0.4, 0.5) is 5.69 Å². The Hall–Kier alpha value is -1.66. The maximum absolute atomic E-state index is 11.9. The third-order valence-electron chi connectivity index (χ3n) is 2.79. The van der Waals surface area contributed by atoms with Crippen molar-refractivity contribution in [3.63, 3.8) is 0 Å². The number of halogens is 1. The van der Waals surface area contributed by atoms with Gasteiger partial charge in [0.1, 0.15) is 5.02 Å². The predicted molar refractivity (Wildman–Crippen MR) is 76.0 cm³/mol. The molecular weight excluding hydrogens is 284 g/mol. The van der Waals surface area contributed by atoms with Crippen molar-refractivity contribution in [3.05, 3.63) is 38.9 Å². The van der Waals surface area contributed by atoms with Crippen LogP contribution in [-0.4, -0.2) is 29.1 Å². The fraction of sp³-hybridized carbons (Fsp3) is 0.462. The van der Waals surface area contributed by atoms with Crippen LogP contribution in [0.1, 0.15) is 36.0 Å². The number of nitrogens with one attached hydrogen (secondary N) is 1. The molecule has 2 N–H and O–H groups in total. The van der Waals surface area contributed by atoms with Crippen LogP contribution in [0.5, 0.6) is 0 Å². The van der Waals surface area contributed by atoms with E-state index in [1.54, 1.807) is 0 Å². The number of benzene rings is 1. The summed E-state index contributed by atoms with van der Waals surface area (Å²) in [6.45, 7) is 0.652. The molecule has 20 heavy (non-hydrogen) atoms. The minimum absolute atomic E-state index is 0.108. The van der Waals surface area contributed by atoms with Gasteiger partial charge in [-0.1, -0.05) is 30.5 Å². The van der Waals surface area contributed by atoms with Gasteiger partial charge in [-0.05, 0) is 18.9 Å². The van der Waals surface area contributed by atoms with Gasteiger partial charge in [0, 0.05) is 19.2 Å². The van der Waals surface area contributed by atoms with Crippen LogP contribution in [0.2, 0.25) is 5.02 Å². The third kappa shape index (κ3) is 4.79. The van der Waals surface area contributed by atoms with Crippen molar-refractivity contribution >= 4 is 23.2 Å². The lowest BCUT2D eigenvalue weighted by Gasteiger charge is -2.06. The van der Waals surface area contributed by atoms with Gasteiger partial charge in [-0.15, -0.1) is 0 Å². The molecule has 1 aromatic carbocycles. The van der Waals surface area contributed by atoms with Crippen molar-refractivity contribution in [1.82, 2.24) is 5.32 Å². The topological polar surface area (TPSA) is 92.5 Å². The van der Waals surface area contributed by atoms with E-state index in [-0.39, 0.29) is 22.9 Å². The number of aliphatic hydroxyl groups excluding tert-OH is 1. The molecule has 1 aromatic rings. The van der Waals surface area contributed by atoms with Crippen LogP contribution in [0.15, 0.2) is 18.2 Å². The summed E-state index contributed by atoms with van der Waals surface area (Å²) in [7, 11) is 0. The van der Waals surface area contributed by atoms with E-state index in [0.717, 1.165) is 25.7 Å². The van der Waals surface area contributed by atoms with Crippen molar-refractivity contribution in [3.8, 4) is 0 Å². The summed E-state index contributed by atoms with van der Waals surface area (Å²) in [5.41, 5.74) is -0.168. The molecule has 0 aromatic heterocycles. The van der Waals surface area contributed by atoms with Gasteiger partial charge in [0.05, 0.1) is 10.5 Å². The van der Waals surface area contributed by atoms with Crippen molar-refractivity contribution in [2.75, 3.05) is 13.2 Å². The van der Waals surface area contributed by atoms with Crippen LogP contribution in [0.25, 0.3) is 0 Å². The third-order valence-corrected chi connectivity index (χ3v) is 3.19. The van der Waals surface area contributed by atoms with Gasteiger partial charge < -0.3 is 10.4 Å². The fourth-order valence-corrected chi connectivity index (χ4v) is 2.00. The number of nitro benzene ring substituents is 1. The number of unbranched alkanes of at least 4 members (excludes halogenated alkanes) is 3. The van der Waals surface area contributed by atoms with Gasteiger partial charge in [-0.3, -0.25) is 14.9 Å². The number of amides is 1. The minimum Gasteiger partial charge on any atom is -0.396 e. The molecule has 0 radical (unpaired) electrons. The summed E-state index contributed by atoms with van der Waals surface area (Å²) in [6, 6.07) is 4.14. The van der Waals surface area contributed by atoms with Crippen molar-refractivity contribution in [2.24, 2.45) is 0 Å². The normalized spacial score (nSPS) is 10.3. The highest BCUT2D eigenvalue weighted by molar-refractivity contribution is 6.35. The monoisotopic (exact) mass is 300 g/mol. The molecule has 0 atom stereocenters. The van der Waals surface area contributed by atoms with E-state index in [1.165, 1.54) is 18.2 Å². The summed E-state index contributed by atoms with van der Waals surface area (Å²) < 4.78 is 0. The molecule has 0 aliphatic carbocycles. The van der Waals surface area contributed by atoms with Crippen molar-refractivity contribution < 1.29 is 14.8 Å². The predicted octanol–water partition coefficient (Wildman–Crippen LogP) is 2.53. The Labute approximate surface area is 121 Å². The molecule has 0 saturated heterocycles. The Morgan fingerprint density at radius 2 is 2.00 bits per heavy atom. The average molecular weight is 301 g/mol. The Morgan fingerprint density at radius 3 is 2.65 bits per heavy atom. The standard InChI is InChI=1S/C13H17ClN2O4/c14-12-10(6-5-7-11(12)16(19)20)13(18)15-8-3-1-2-4-9-17/h5-7,17H,1-4,8-9H2,(H,15,18). The molecule has 110 valence electrons. The number of aliphatic hydroxyl groups is 1. The lowest BCUT2D eigenvalue weighted by Crippen LogP contribution is -2.24. The highest BCUT2D eigenvalue weighted by atomic mass is 35.5. The van der Waals surface area contributed by atoms with Crippen LogP contribution in [0.3, 0.4) is 0 Å². The highest BCUT2D eigenvalue weighted by Crippen LogP contribution is 2.27. The summed E-state index contributed by atoms with van der Waals surface area (Å²) in [6.07, 6.45) is 3.36. The molecule has 6 nitrogen and oxygen atoms in total. The lowest BCUT2D eigenvalue weighted by atomic mass is 10.1. The first-order chi connectivity index (χ1) is 9.57. The Kier molecular flexibility index (Phi) is 6.97. The first-order valence-corrected chi connectivity index (χ1v) is 6.77. The molecule has 0 spiro atoms. The molecule has 0 aliphatic heterocycles. The first-order valence-electron chi connectivity index (χ1n) is 6.40. The number of carbonyl (C=O) groups excluding carboxylic acids is 1. The SMILES string of the molecule is O=C(NCCCCCCO)c1cccc([N+](=O)[O-])c1Cl. The molecule has 1 amide bonds. The van der Waals surface area contributed by atoms with Gasteiger partial charge in [0.2, 0.25) is 0 Å². The highest BCUT2D eigenvalue weighted by Gasteiger charge is 2.19. The van der Waals surface area contributed by atoms with Gasteiger partial charge in [0.25, 0.3) is 11.6 Å². The zero-order valence-electron chi connectivity index (χ0n) is 11.0. The minimum atomic E-state index is -0.617. The van der Waals surface area contributed by atoms with Gasteiger partial charge in [-0.25, -0.2) is 0 Å². The fourth-order valence-electron chi connectivity index (χ4n) is 1.72. The van der Waals surface area contributed by atoms with Crippen molar-refractivity contribution in [2.45, 2.75) is 25.7 Å². The molecule has 0 fully saturated rings. The van der Waals surface area contributed by atoms with E-state index in [0.29, 0.717) is 6.54 Å². The van der Waals surface area contributed by atoms with E-state index < -0.39 is 10.8 Å². The van der Waals surface area contributed by atoms with Gasteiger partial charge in [-0.2, -0.15) is 0 Å². The molecule has 1 rings (SSSR count). The molecule has 0 aliphatic rings. The van der Waals surface area contributed by atoms with Gasteiger partial charge in [0.15, 0.2) is 0 Å². The quantitative estimate of drug-likeness (QED) is 0.438. The van der Waals surface area contributed by atoms with Crippen LogP contribution >= 0.6 is 11.6 Å². The molecule has 0 unspecified atom stereocenters. The maximum atomic E-state index is 11.9. The van der Waals surface area contributed by atoms with Gasteiger partial charge >= 0.3 is 0 Å². The molecule has 0 heterocycles.